The number of aromatic nitrogens is 1. The van der Waals surface area contributed by atoms with Crippen LogP contribution in [0.1, 0.15) is 17.0 Å². The van der Waals surface area contributed by atoms with Crippen LogP contribution in [0.5, 0.6) is 5.75 Å². The van der Waals surface area contributed by atoms with Gasteiger partial charge in [0.2, 0.25) is 10.0 Å². The molecule has 0 aliphatic carbocycles. The molecule has 0 saturated carbocycles. The van der Waals surface area contributed by atoms with E-state index in [2.05, 4.69) is 11.1 Å². The number of aryl methyl sites for hydroxylation is 1. The summed E-state index contributed by atoms with van der Waals surface area (Å²) >= 11 is 1.56. The zero-order chi connectivity index (χ0) is 18.9. The van der Waals surface area contributed by atoms with Crippen LogP contribution < -0.4 is 9.04 Å². The number of para-hydroxylation sites is 1. The van der Waals surface area contributed by atoms with Crippen LogP contribution >= 0.6 is 11.3 Å². The van der Waals surface area contributed by atoms with E-state index >= 15 is 0 Å². The summed E-state index contributed by atoms with van der Waals surface area (Å²) in [4.78, 5) is 4.67. The van der Waals surface area contributed by atoms with Crippen molar-refractivity contribution in [1.29, 1.82) is 0 Å². The van der Waals surface area contributed by atoms with E-state index < -0.39 is 10.0 Å². The number of sulfonamides is 1. The molecule has 2 heterocycles. The summed E-state index contributed by atoms with van der Waals surface area (Å²) < 4.78 is 31.2. The molecule has 1 aromatic heterocycles. The van der Waals surface area contributed by atoms with Gasteiger partial charge in [0.15, 0.2) is 0 Å². The first-order valence-corrected chi connectivity index (χ1v) is 11.5. The molecule has 4 rings (SSSR count). The SMILES string of the molecule is CS(=O)(=O)N1CCCc2cc(-c3csc(COc4ccccc4)n3)ccc21. The van der Waals surface area contributed by atoms with Gasteiger partial charge >= 0.3 is 0 Å². The summed E-state index contributed by atoms with van der Waals surface area (Å²) in [5.74, 6) is 0.823. The maximum absolute atomic E-state index is 12.0. The predicted molar refractivity (Wildman–Crippen MR) is 109 cm³/mol. The Morgan fingerprint density at radius 1 is 1.19 bits per heavy atom. The fourth-order valence-corrected chi connectivity index (χ4v) is 4.95. The van der Waals surface area contributed by atoms with Crippen LogP contribution in [0.25, 0.3) is 11.3 Å². The first-order valence-electron chi connectivity index (χ1n) is 8.74. The normalized spacial score (nSPS) is 14.0. The summed E-state index contributed by atoms with van der Waals surface area (Å²) in [6.07, 6.45) is 2.97. The molecule has 7 heteroatoms. The van der Waals surface area contributed by atoms with Gasteiger partial charge in [-0.2, -0.15) is 0 Å². The highest BCUT2D eigenvalue weighted by molar-refractivity contribution is 7.92. The molecule has 3 aromatic rings. The fraction of sp³-hybridized carbons (Fsp3) is 0.250. The Kier molecular flexibility index (Phi) is 4.88. The molecule has 0 spiro atoms. The summed E-state index contributed by atoms with van der Waals surface area (Å²) in [6.45, 7) is 0.977. The molecular weight excluding hydrogens is 380 g/mol. The van der Waals surface area contributed by atoms with Crippen molar-refractivity contribution in [3.05, 3.63) is 64.5 Å². The summed E-state index contributed by atoms with van der Waals surface area (Å²) in [7, 11) is -3.24. The number of thiazole rings is 1. The van der Waals surface area contributed by atoms with Crippen molar-refractivity contribution in [2.75, 3.05) is 17.1 Å². The molecule has 0 N–H and O–H groups in total. The molecule has 140 valence electrons. The van der Waals surface area contributed by atoms with Crippen LogP contribution in [0.2, 0.25) is 0 Å². The second-order valence-corrected chi connectivity index (χ2v) is 9.36. The van der Waals surface area contributed by atoms with Gasteiger partial charge < -0.3 is 4.74 Å². The Morgan fingerprint density at radius 3 is 2.78 bits per heavy atom. The van der Waals surface area contributed by atoms with Crippen molar-refractivity contribution >= 4 is 27.0 Å². The third-order valence-electron chi connectivity index (χ3n) is 4.51. The molecule has 0 saturated heterocycles. The van der Waals surface area contributed by atoms with Crippen molar-refractivity contribution in [2.24, 2.45) is 0 Å². The van der Waals surface area contributed by atoms with E-state index in [9.17, 15) is 8.42 Å². The van der Waals surface area contributed by atoms with Crippen LogP contribution in [-0.2, 0) is 23.1 Å². The lowest BCUT2D eigenvalue weighted by Gasteiger charge is -2.29. The van der Waals surface area contributed by atoms with Gasteiger partial charge in [-0.25, -0.2) is 13.4 Å². The molecule has 2 aromatic carbocycles. The minimum absolute atomic E-state index is 0.432. The molecule has 0 fully saturated rings. The lowest BCUT2D eigenvalue weighted by molar-refractivity contribution is 0.305. The zero-order valence-electron chi connectivity index (χ0n) is 15.0. The minimum atomic E-state index is -3.24. The number of fused-ring (bicyclic) bond motifs is 1. The highest BCUT2D eigenvalue weighted by atomic mass is 32.2. The highest BCUT2D eigenvalue weighted by Gasteiger charge is 2.24. The third-order valence-corrected chi connectivity index (χ3v) is 6.51. The number of anilines is 1. The van der Waals surface area contributed by atoms with E-state index in [0.717, 1.165) is 46.1 Å². The number of benzene rings is 2. The monoisotopic (exact) mass is 400 g/mol. The molecule has 27 heavy (non-hydrogen) atoms. The highest BCUT2D eigenvalue weighted by Crippen LogP contribution is 2.33. The second-order valence-electron chi connectivity index (χ2n) is 6.51. The number of nitrogens with zero attached hydrogens (tertiary/aromatic N) is 2. The van der Waals surface area contributed by atoms with Gasteiger partial charge in [-0.3, -0.25) is 4.31 Å². The van der Waals surface area contributed by atoms with Crippen molar-refractivity contribution in [3.63, 3.8) is 0 Å². The van der Waals surface area contributed by atoms with E-state index in [1.165, 1.54) is 10.6 Å². The average Bonchev–Trinajstić information content (AvgIpc) is 3.14. The molecule has 0 amide bonds. The summed E-state index contributed by atoms with van der Waals surface area (Å²) in [5.41, 5.74) is 3.74. The van der Waals surface area contributed by atoms with Gasteiger partial charge in [-0.05, 0) is 42.7 Å². The van der Waals surface area contributed by atoms with Crippen molar-refractivity contribution in [1.82, 2.24) is 4.98 Å². The van der Waals surface area contributed by atoms with E-state index in [1.807, 2.05) is 47.8 Å². The van der Waals surface area contributed by atoms with Crippen molar-refractivity contribution in [3.8, 4) is 17.0 Å². The van der Waals surface area contributed by atoms with E-state index in [1.54, 1.807) is 11.3 Å². The summed E-state index contributed by atoms with van der Waals surface area (Å²) in [5, 5.41) is 2.92. The van der Waals surface area contributed by atoms with Crippen LogP contribution in [0.3, 0.4) is 0 Å². The molecule has 1 aliphatic rings. The number of hydrogen-bond acceptors (Lipinski definition) is 5. The van der Waals surface area contributed by atoms with E-state index in [0.29, 0.717) is 13.2 Å². The average molecular weight is 401 g/mol. The first-order chi connectivity index (χ1) is 13.0. The van der Waals surface area contributed by atoms with Crippen molar-refractivity contribution < 1.29 is 13.2 Å². The Bertz CT molecular complexity index is 1050. The molecular formula is C20H20N2O3S2. The van der Waals surface area contributed by atoms with Crippen LogP contribution in [-0.4, -0.2) is 26.2 Å². The number of ether oxygens (including phenoxy) is 1. The number of rotatable bonds is 5. The predicted octanol–water partition coefficient (Wildman–Crippen LogP) is 4.10. The lowest BCUT2D eigenvalue weighted by atomic mass is 10.00. The van der Waals surface area contributed by atoms with Gasteiger partial charge in [0.1, 0.15) is 17.4 Å². The quantitative estimate of drug-likeness (QED) is 0.647. The standard InChI is InChI=1S/C20H20N2O3S2/c1-27(23,24)22-11-5-6-16-12-15(9-10-19(16)22)18-14-26-20(21-18)13-25-17-7-3-2-4-8-17/h2-4,7-10,12,14H,5-6,11,13H2,1H3. The smallest absolute Gasteiger partial charge is 0.232 e. The largest absolute Gasteiger partial charge is 0.486 e. The maximum atomic E-state index is 12.0. The Balaban J connectivity index is 1.54. The minimum Gasteiger partial charge on any atom is -0.486 e. The Labute approximate surface area is 163 Å². The van der Waals surface area contributed by atoms with Gasteiger partial charge in [0.25, 0.3) is 0 Å². The maximum Gasteiger partial charge on any atom is 0.232 e. The van der Waals surface area contributed by atoms with Gasteiger partial charge in [0, 0.05) is 17.5 Å². The molecule has 5 nitrogen and oxygen atoms in total. The topological polar surface area (TPSA) is 59.5 Å². The lowest BCUT2D eigenvalue weighted by Crippen LogP contribution is -2.34. The third kappa shape index (κ3) is 3.99. The molecule has 0 radical (unpaired) electrons. The van der Waals surface area contributed by atoms with Crippen LogP contribution in [0.4, 0.5) is 5.69 Å². The first kappa shape index (κ1) is 18.0. The zero-order valence-corrected chi connectivity index (χ0v) is 16.6. The van der Waals surface area contributed by atoms with E-state index in [4.69, 9.17) is 4.74 Å². The van der Waals surface area contributed by atoms with Gasteiger partial charge in [-0.15, -0.1) is 11.3 Å². The van der Waals surface area contributed by atoms with Crippen LogP contribution in [0.15, 0.2) is 53.9 Å². The fourth-order valence-electron chi connectivity index (χ4n) is 3.24. The Morgan fingerprint density at radius 2 is 2.00 bits per heavy atom. The second kappa shape index (κ2) is 7.32. The molecule has 0 atom stereocenters. The number of hydrogen-bond donors (Lipinski definition) is 0. The summed E-state index contributed by atoms with van der Waals surface area (Å²) in [6, 6.07) is 15.6. The molecule has 1 aliphatic heterocycles. The van der Waals surface area contributed by atoms with E-state index in [-0.39, 0.29) is 0 Å². The molecule has 0 bridgehead atoms. The van der Waals surface area contributed by atoms with Crippen molar-refractivity contribution in [2.45, 2.75) is 19.4 Å². The molecule has 0 unspecified atom stereocenters. The van der Waals surface area contributed by atoms with Gasteiger partial charge in [-0.1, -0.05) is 24.3 Å². The van der Waals surface area contributed by atoms with Gasteiger partial charge in [0.05, 0.1) is 17.6 Å². The Hall–Kier alpha value is -2.38. The van der Waals surface area contributed by atoms with Crippen LogP contribution in [0, 0.1) is 0 Å².